The lowest BCUT2D eigenvalue weighted by molar-refractivity contribution is 0.100. The van der Waals surface area contributed by atoms with Gasteiger partial charge in [0.2, 0.25) is 0 Å². The van der Waals surface area contributed by atoms with Gasteiger partial charge in [-0.05, 0) is 214 Å². The molecule has 12 rings (SSSR count). The van der Waals surface area contributed by atoms with E-state index in [4.69, 9.17) is 33.2 Å². The summed E-state index contributed by atoms with van der Waals surface area (Å²) in [4.78, 5) is 125. The van der Waals surface area contributed by atoms with Crippen LogP contribution in [0.2, 0.25) is 5.02 Å². The Kier molecular flexibility index (Phi) is 33.2. The molecule has 0 aliphatic carbocycles. The first-order chi connectivity index (χ1) is 59.4. The van der Waals surface area contributed by atoms with Crippen LogP contribution in [0.3, 0.4) is 0 Å². The minimum absolute atomic E-state index is 0.120. The highest BCUT2D eigenvalue weighted by atomic mass is 79.9. The maximum Gasteiger partial charge on any atom is 0.258 e. The summed E-state index contributed by atoms with van der Waals surface area (Å²) in [6.45, 7) is 5.55. The van der Waals surface area contributed by atoms with Gasteiger partial charge in [-0.3, -0.25) is 60.0 Å². The van der Waals surface area contributed by atoms with E-state index in [2.05, 4.69) is 110 Å². The fraction of sp³-hybridized carbons (Fsp3) is 0.121. The molecule has 0 unspecified atom stereocenters. The minimum Gasteiger partial charge on any atom is -0.363 e. The predicted molar refractivity (Wildman–Crippen MR) is 496 cm³/mol. The number of nitrogens with zero attached hydrogens (tertiary/aromatic N) is 8. The zero-order valence-electron chi connectivity index (χ0n) is 69.1. The molecular weight excluding hydrogens is 1810 g/mol. The number of hydrogen-bond acceptors (Lipinski definition) is 16. The van der Waals surface area contributed by atoms with E-state index in [0.717, 1.165) is 42.2 Å². The Balaban J connectivity index is 0.000000189. The van der Waals surface area contributed by atoms with Gasteiger partial charge in [0, 0.05) is 128 Å². The van der Waals surface area contributed by atoms with Gasteiger partial charge in [-0.2, -0.15) is 0 Å². The number of aryl methyl sites for hydroxylation is 3. The number of benzene rings is 8. The highest BCUT2D eigenvalue weighted by Crippen LogP contribution is 2.28. The van der Waals surface area contributed by atoms with E-state index in [1.54, 1.807) is 249 Å². The highest BCUT2D eigenvalue weighted by molar-refractivity contribution is 9.11. The molecule has 0 aliphatic rings. The lowest BCUT2D eigenvalue weighted by atomic mass is 10.1. The van der Waals surface area contributed by atoms with E-state index >= 15 is 0 Å². The Morgan fingerprint density at radius 3 is 0.848 bits per heavy atom. The van der Waals surface area contributed by atoms with Crippen molar-refractivity contribution in [3.8, 4) is 0 Å². The van der Waals surface area contributed by atoms with Crippen molar-refractivity contribution in [1.82, 2.24) is 39.5 Å². The summed E-state index contributed by atoms with van der Waals surface area (Å²) >= 11 is 15.7. The van der Waals surface area contributed by atoms with Gasteiger partial charge < -0.3 is 62.1 Å². The Morgan fingerprint density at radius 2 is 0.552 bits per heavy atom. The number of halogens is 6. The zero-order chi connectivity index (χ0) is 91.0. The largest absolute Gasteiger partial charge is 0.363 e. The van der Waals surface area contributed by atoms with Gasteiger partial charge in [0.15, 0.2) is 0 Å². The van der Waals surface area contributed by atoms with Gasteiger partial charge >= 0.3 is 0 Å². The second-order valence-corrected chi connectivity index (χ2v) is 31.5. The molecule has 12 aromatic rings. The normalized spacial score (nSPS) is 10.3. The van der Waals surface area contributed by atoms with Crippen molar-refractivity contribution >= 4 is 176 Å². The fourth-order valence-electron chi connectivity index (χ4n) is 11.2. The molecule has 28 nitrogen and oxygen atoms in total. The maximum atomic E-state index is 14.6. The van der Waals surface area contributed by atoms with Crippen molar-refractivity contribution in [1.29, 1.82) is 21.6 Å². The maximum absolute atomic E-state index is 14.6. The molecule has 34 heteroatoms. The molecule has 4 heterocycles. The van der Waals surface area contributed by atoms with Gasteiger partial charge in [0.1, 0.15) is 58.2 Å². The van der Waals surface area contributed by atoms with Gasteiger partial charge in [0.05, 0.1) is 61.2 Å². The molecule has 125 heavy (non-hydrogen) atoms. The monoisotopic (exact) mass is 1890 g/mol. The molecule has 12 N–H and O–H groups in total. The zero-order valence-corrected chi connectivity index (χ0v) is 74.6. The third-order valence-electron chi connectivity index (χ3n) is 17.9. The van der Waals surface area contributed by atoms with E-state index < -0.39 is 41.2 Å². The first-order valence-corrected chi connectivity index (χ1v) is 40.4. The van der Waals surface area contributed by atoms with Gasteiger partial charge in [-0.25, -0.2) is 28.7 Å². The second kappa shape index (κ2) is 43.9. The lowest BCUT2D eigenvalue weighted by Gasteiger charge is -2.15. The Bertz CT molecular complexity index is 5890. The number of anilines is 8. The summed E-state index contributed by atoms with van der Waals surface area (Å²) in [5, 5.41) is 54.0. The molecule has 8 amide bonds. The smallest absolute Gasteiger partial charge is 0.258 e. The van der Waals surface area contributed by atoms with Gasteiger partial charge in [-0.1, -0.05) is 95.0 Å². The summed E-state index contributed by atoms with van der Waals surface area (Å²) in [6.07, 6.45) is 6.13. The van der Waals surface area contributed by atoms with Crippen molar-refractivity contribution in [2.45, 2.75) is 20.8 Å². The average Bonchev–Trinajstić information content (AvgIpc) is 0.826. The average molecular weight is 1900 g/mol. The third-order valence-corrected chi connectivity index (χ3v) is 19.5. The standard InChI is InChI=1S/C23H21BrFN5O2.C23H22BrN5O2.C23H22ClN5O2.C22H19BrFN5O2/c1-13-4-8-19(17(10-13)23(32)29-20-9-6-15(24)12-27-20)28-22(31)16-7-5-14(11-18(16)25)21(26)30(2)3;2*1-14-4-10-19(18(12-14)23(31)28-20-11-9-17(24)13-26-20)27-22(30)16-7-5-15(6-8-16)21(25)29(2)3;1-29(2)20(25)13-7-9-15(17(24)11-13)21(30)27-18-6-4-3-5-16(18)22(31)28-19-10-8-14(23)12-26-19/h4-12,26H,1-3H3,(H,28,31)(H,27,29,32);2*4-13,25H,1-3H3,(H,27,30)(H,26,28,31);3-12,25H,1-2H3,(H,27,30)(H,26,28,31). The fourth-order valence-corrected chi connectivity index (χ4v) is 12.1. The van der Waals surface area contributed by atoms with Gasteiger partial charge in [0.25, 0.3) is 47.3 Å². The van der Waals surface area contributed by atoms with Crippen molar-refractivity contribution in [3.05, 3.63) is 351 Å². The van der Waals surface area contributed by atoms with Gasteiger partial charge in [-0.15, -0.1) is 0 Å². The number of amides is 8. The summed E-state index contributed by atoms with van der Waals surface area (Å²) in [5.41, 5.74) is 7.45. The van der Waals surface area contributed by atoms with Crippen LogP contribution in [0.5, 0.6) is 0 Å². The Labute approximate surface area is 749 Å². The molecule has 0 aliphatic heterocycles. The second-order valence-electron chi connectivity index (χ2n) is 28.3. The van der Waals surface area contributed by atoms with Crippen LogP contribution < -0.4 is 42.5 Å². The summed E-state index contributed by atoms with van der Waals surface area (Å²) in [6, 6.07) is 56.6. The van der Waals surface area contributed by atoms with Crippen molar-refractivity contribution in [2.75, 3.05) is 98.9 Å². The van der Waals surface area contributed by atoms with E-state index in [0.29, 0.717) is 95.8 Å². The molecule has 0 radical (unpaired) electrons. The van der Waals surface area contributed by atoms with Crippen LogP contribution in [-0.4, -0.2) is 167 Å². The van der Waals surface area contributed by atoms with E-state index in [1.165, 1.54) is 40.3 Å². The molecule has 0 atom stereocenters. The van der Waals surface area contributed by atoms with Crippen LogP contribution in [0.1, 0.15) is 122 Å². The molecule has 0 saturated carbocycles. The minimum atomic E-state index is -0.761. The Hall–Kier alpha value is -14.4. The van der Waals surface area contributed by atoms with Crippen LogP contribution in [0.25, 0.3) is 0 Å². The first kappa shape index (κ1) is 94.4. The third kappa shape index (κ3) is 26.8. The number of carbonyl (C=O) groups excluding carboxylic acids is 8. The molecule has 4 aromatic heterocycles. The lowest BCUT2D eigenvalue weighted by Crippen LogP contribution is -2.23. The number of amidine groups is 4. The molecule has 0 spiro atoms. The van der Waals surface area contributed by atoms with Crippen LogP contribution in [-0.2, 0) is 0 Å². The first-order valence-electron chi connectivity index (χ1n) is 37.6. The summed E-state index contributed by atoms with van der Waals surface area (Å²) < 4.78 is 31.5. The number of hydrogen-bond donors (Lipinski definition) is 12. The predicted octanol–water partition coefficient (Wildman–Crippen LogP) is 18.0. The number of para-hydroxylation sites is 1. The number of carbonyl (C=O) groups is 8. The van der Waals surface area contributed by atoms with E-state index in [-0.39, 0.29) is 63.0 Å². The summed E-state index contributed by atoms with van der Waals surface area (Å²) in [7, 11) is 13.8. The Morgan fingerprint density at radius 1 is 0.288 bits per heavy atom. The molecule has 0 fully saturated rings. The summed E-state index contributed by atoms with van der Waals surface area (Å²) in [5.74, 6) is -2.94. The molecule has 8 aromatic carbocycles. The number of rotatable bonds is 20. The molecule has 0 bridgehead atoms. The van der Waals surface area contributed by atoms with Crippen LogP contribution in [0.15, 0.2) is 251 Å². The van der Waals surface area contributed by atoms with Crippen molar-refractivity contribution in [2.24, 2.45) is 0 Å². The highest BCUT2D eigenvalue weighted by Gasteiger charge is 2.24. The van der Waals surface area contributed by atoms with E-state index in [1.807, 2.05) is 32.9 Å². The van der Waals surface area contributed by atoms with Crippen molar-refractivity contribution < 1.29 is 47.1 Å². The topological polar surface area (TPSA) is 393 Å². The SMILES string of the molecule is CN(C)C(=N)c1ccc(C(=O)Nc2ccccc2C(=O)Nc2ccc(Br)cn2)c(F)c1.Cc1ccc(NC(=O)c2ccc(C(=N)N(C)C)cc2)c(C(=O)Nc2ccc(Br)cn2)c1.Cc1ccc(NC(=O)c2ccc(C(=N)N(C)C)cc2)c(C(=O)Nc2ccc(Cl)cn2)c1.Cc1ccc(NC(=O)c2ccc(C(=N)N(C)C)cc2F)c(C(=O)Nc2ccc(Br)cn2)c1. The van der Waals surface area contributed by atoms with Crippen molar-refractivity contribution in [3.63, 3.8) is 0 Å². The molecular formula is C91H84Br3ClF2N20O8. The van der Waals surface area contributed by atoms with E-state index in [9.17, 15) is 47.1 Å². The molecule has 638 valence electrons. The number of pyridine rings is 4. The number of nitrogens with one attached hydrogen (secondary N) is 12. The quantitative estimate of drug-likeness (QED) is 0.0249. The van der Waals surface area contributed by atoms with Crippen LogP contribution in [0, 0.1) is 54.0 Å². The van der Waals surface area contributed by atoms with Crippen LogP contribution in [0.4, 0.5) is 54.8 Å². The molecule has 0 saturated heterocycles. The van der Waals surface area contributed by atoms with Crippen LogP contribution >= 0.6 is 59.4 Å². The number of aromatic nitrogens is 4.